The average molecular weight is 295 g/mol. The van der Waals surface area contributed by atoms with E-state index in [4.69, 9.17) is 9.47 Å². The van der Waals surface area contributed by atoms with E-state index in [0.717, 1.165) is 28.3 Å². The van der Waals surface area contributed by atoms with Gasteiger partial charge in [0.15, 0.2) is 5.82 Å². The first-order chi connectivity index (χ1) is 9.67. The summed E-state index contributed by atoms with van der Waals surface area (Å²) < 4.78 is 10.6. The molecule has 0 fully saturated rings. The van der Waals surface area contributed by atoms with Gasteiger partial charge >= 0.3 is 0 Å². The van der Waals surface area contributed by atoms with Crippen molar-refractivity contribution in [2.45, 2.75) is 26.9 Å². The third-order valence-electron chi connectivity index (χ3n) is 3.18. The molecule has 0 atom stereocenters. The minimum absolute atomic E-state index is 0.435. The fourth-order valence-corrected chi connectivity index (χ4v) is 3.06. The molecule has 110 valence electrons. The van der Waals surface area contributed by atoms with Gasteiger partial charge in [0.2, 0.25) is 0 Å². The van der Waals surface area contributed by atoms with Crippen molar-refractivity contribution in [1.29, 1.82) is 0 Å². The van der Waals surface area contributed by atoms with Crippen molar-refractivity contribution in [2.24, 2.45) is 0 Å². The van der Waals surface area contributed by atoms with Gasteiger partial charge in [-0.3, -0.25) is 0 Å². The largest absolute Gasteiger partial charge is 0.385 e. The van der Waals surface area contributed by atoms with Crippen molar-refractivity contribution in [3.8, 4) is 0 Å². The normalized spacial score (nSPS) is 11.2. The molecular weight excluding hydrogens is 274 g/mol. The van der Waals surface area contributed by atoms with Gasteiger partial charge in [-0.1, -0.05) is 0 Å². The van der Waals surface area contributed by atoms with Crippen LogP contribution in [0.5, 0.6) is 0 Å². The molecule has 5 nitrogen and oxygen atoms in total. The molecule has 0 bridgehead atoms. The maximum atomic E-state index is 5.58. The number of hydrogen-bond donors (Lipinski definition) is 1. The molecule has 0 aliphatic heterocycles. The van der Waals surface area contributed by atoms with Crippen molar-refractivity contribution < 1.29 is 9.47 Å². The topological polar surface area (TPSA) is 56.3 Å². The average Bonchev–Trinajstić information content (AvgIpc) is 2.73. The minimum Gasteiger partial charge on any atom is -0.385 e. The highest BCUT2D eigenvalue weighted by molar-refractivity contribution is 7.18. The van der Waals surface area contributed by atoms with Crippen molar-refractivity contribution >= 4 is 27.4 Å². The third kappa shape index (κ3) is 3.26. The monoisotopic (exact) mass is 295 g/mol. The van der Waals surface area contributed by atoms with Crippen LogP contribution in [-0.4, -0.2) is 37.3 Å². The van der Waals surface area contributed by atoms with Gasteiger partial charge in [0.1, 0.15) is 17.3 Å². The van der Waals surface area contributed by atoms with E-state index in [0.29, 0.717) is 19.8 Å². The Kier molecular flexibility index (Phi) is 5.28. The molecule has 2 heterocycles. The van der Waals surface area contributed by atoms with Gasteiger partial charge in [-0.15, -0.1) is 11.3 Å². The molecule has 1 N–H and O–H groups in total. The van der Waals surface area contributed by atoms with Crippen LogP contribution in [0.4, 0.5) is 5.82 Å². The highest BCUT2D eigenvalue weighted by atomic mass is 32.1. The van der Waals surface area contributed by atoms with Crippen LogP contribution in [0.25, 0.3) is 10.2 Å². The van der Waals surface area contributed by atoms with Gasteiger partial charge in [0.25, 0.3) is 0 Å². The molecule has 0 unspecified atom stereocenters. The lowest BCUT2D eigenvalue weighted by atomic mass is 10.2. The van der Waals surface area contributed by atoms with E-state index in [9.17, 15) is 0 Å². The second kappa shape index (κ2) is 6.97. The number of hydrogen-bond acceptors (Lipinski definition) is 6. The van der Waals surface area contributed by atoms with Crippen LogP contribution >= 0.6 is 11.3 Å². The highest BCUT2D eigenvalue weighted by Crippen LogP contribution is 2.33. The van der Waals surface area contributed by atoms with E-state index in [1.807, 2.05) is 7.05 Å². The minimum atomic E-state index is 0.435. The van der Waals surface area contributed by atoms with Crippen LogP contribution in [0.3, 0.4) is 0 Å². The molecular formula is C14H21N3O2S. The predicted molar refractivity (Wildman–Crippen MR) is 82.6 cm³/mol. The number of nitrogens with one attached hydrogen (secondary N) is 1. The maximum Gasteiger partial charge on any atom is 0.158 e. The summed E-state index contributed by atoms with van der Waals surface area (Å²) in [5.74, 6) is 1.60. The molecule has 0 saturated heterocycles. The summed E-state index contributed by atoms with van der Waals surface area (Å²) in [5, 5.41) is 4.28. The first-order valence-corrected chi connectivity index (χ1v) is 7.50. The SMILES string of the molecule is CNc1nc(COCCCOC)nc2sc(C)c(C)c12. The van der Waals surface area contributed by atoms with Crippen LogP contribution in [0.2, 0.25) is 0 Å². The maximum absolute atomic E-state index is 5.58. The van der Waals surface area contributed by atoms with Crippen molar-refractivity contribution in [2.75, 3.05) is 32.7 Å². The van der Waals surface area contributed by atoms with Gasteiger partial charge in [-0.2, -0.15) is 0 Å². The Morgan fingerprint density at radius 2 is 2.00 bits per heavy atom. The Bertz CT molecular complexity index is 583. The zero-order chi connectivity index (χ0) is 14.5. The number of ether oxygens (including phenoxy) is 2. The first-order valence-electron chi connectivity index (χ1n) is 6.68. The van der Waals surface area contributed by atoms with Crippen LogP contribution in [-0.2, 0) is 16.1 Å². The number of aromatic nitrogens is 2. The smallest absolute Gasteiger partial charge is 0.158 e. The molecule has 2 aromatic rings. The molecule has 0 spiro atoms. The molecule has 20 heavy (non-hydrogen) atoms. The van der Waals surface area contributed by atoms with E-state index in [1.54, 1.807) is 18.4 Å². The van der Waals surface area contributed by atoms with E-state index < -0.39 is 0 Å². The number of aryl methyl sites for hydroxylation is 2. The Balaban J connectivity index is 2.15. The summed E-state index contributed by atoms with van der Waals surface area (Å²) in [6.45, 7) is 6.03. The molecule has 0 amide bonds. The second-order valence-electron chi connectivity index (χ2n) is 4.60. The van der Waals surface area contributed by atoms with Crippen LogP contribution < -0.4 is 5.32 Å². The molecule has 0 aliphatic carbocycles. The standard InChI is InChI=1S/C14H21N3O2S/c1-9-10(2)20-14-12(9)13(15-3)16-11(17-14)8-19-7-5-6-18-4/h5-8H2,1-4H3,(H,15,16,17). The lowest BCUT2D eigenvalue weighted by Crippen LogP contribution is -2.05. The van der Waals surface area contributed by atoms with E-state index >= 15 is 0 Å². The van der Waals surface area contributed by atoms with Crippen LogP contribution in [0, 0.1) is 13.8 Å². The summed E-state index contributed by atoms with van der Waals surface area (Å²) in [4.78, 5) is 11.4. The zero-order valence-corrected chi connectivity index (χ0v) is 13.3. The number of fused-ring (bicyclic) bond motifs is 1. The van der Waals surface area contributed by atoms with Crippen molar-refractivity contribution in [3.05, 3.63) is 16.3 Å². The van der Waals surface area contributed by atoms with Crippen LogP contribution in [0.1, 0.15) is 22.7 Å². The number of methoxy groups -OCH3 is 1. The summed E-state index contributed by atoms with van der Waals surface area (Å²) in [7, 11) is 3.58. The second-order valence-corrected chi connectivity index (χ2v) is 5.80. The highest BCUT2D eigenvalue weighted by Gasteiger charge is 2.13. The molecule has 0 aromatic carbocycles. The first kappa shape index (κ1) is 15.2. The van der Waals surface area contributed by atoms with E-state index in [1.165, 1.54) is 10.4 Å². The van der Waals surface area contributed by atoms with Gasteiger partial charge in [-0.05, 0) is 25.8 Å². The van der Waals surface area contributed by atoms with Gasteiger partial charge in [0.05, 0.1) is 5.39 Å². The Morgan fingerprint density at radius 3 is 2.70 bits per heavy atom. The fourth-order valence-electron chi connectivity index (χ4n) is 2.01. The Morgan fingerprint density at radius 1 is 1.20 bits per heavy atom. The molecule has 6 heteroatoms. The Labute approximate surface area is 123 Å². The van der Waals surface area contributed by atoms with Crippen molar-refractivity contribution in [3.63, 3.8) is 0 Å². The van der Waals surface area contributed by atoms with Crippen LogP contribution in [0.15, 0.2) is 0 Å². The van der Waals surface area contributed by atoms with Crippen molar-refractivity contribution in [1.82, 2.24) is 9.97 Å². The lowest BCUT2D eigenvalue weighted by molar-refractivity contribution is 0.0893. The molecule has 0 aliphatic rings. The number of rotatable bonds is 7. The van der Waals surface area contributed by atoms with Gasteiger partial charge in [0, 0.05) is 32.2 Å². The van der Waals surface area contributed by atoms with Gasteiger partial charge in [-0.25, -0.2) is 9.97 Å². The van der Waals surface area contributed by atoms with E-state index in [-0.39, 0.29) is 0 Å². The number of thiophene rings is 1. The summed E-state index contributed by atoms with van der Waals surface area (Å²) >= 11 is 1.70. The fraction of sp³-hybridized carbons (Fsp3) is 0.571. The molecule has 0 radical (unpaired) electrons. The number of anilines is 1. The lowest BCUT2D eigenvalue weighted by Gasteiger charge is -2.07. The summed E-state index contributed by atoms with van der Waals surface area (Å²) in [6, 6.07) is 0. The Hall–Kier alpha value is -1.24. The molecule has 2 rings (SSSR count). The van der Waals surface area contributed by atoms with Gasteiger partial charge < -0.3 is 14.8 Å². The molecule has 0 saturated carbocycles. The third-order valence-corrected chi connectivity index (χ3v) is 4.28. The predicted octanol–water partition coefficient (Wildman–Crippen LogP) is 2.90. The quantitative estimate of drug-likeness (QED) is 0.796. The summed E-state index contributed by atoms with van der Waals surface area (Å²) in [6.07, 6.45) is 0.884. The van der Waals surface area contributed by atoms with E-state index in [2.05, 4.69) is 29.1 Å². The number of nitrogens with zero attached hydrogens (tertiary/aromatic N) is 2. The summed E-state index contributed by atoms with van der Waals surface area (Å²) in [5.41, 5.74) is 1.25. The molecule has 2 aromatic heterocycles. The zero-order valence-electron chi connectivity index (χ0n) is 12.4.